The molecule has 0 saturated carbocycles. The van der Waals surface area contributed by atoms with Crippen molar-refractivity contribution in [2.45, 2.75) is 51.5 Å². The van der Waals surface area contributed by atoms with Crippen LogP contribution in [0.2, 0.25) is 0 Å². The van der Waals surface area contributed by atoms with Gasteiger partial charge in [-0.15, -0.1) is 5.10 Å². The molecule has 1 saturated heterocycles. The number of nitrogens with zero attached hydrogens (tertiary/aromatic N) is 6. The van der Waals surface area contributed by atoms with Crippen LogP contribution in [-0.2, 0) is 29.2 Å². The lowest BCUT2D eigenvalue weighted by atomic mass is 10.0. The Morgan fingerprint density at radius 2 is 1.97 bits per heavy atom. The SMILES string of the molecule is Cc1nscc1C(NCc1ccc2c(c1)CN(C1CCC(=O)NC1=O)C2=O)c1nnnn1Cc1ccccc1. The number of nitrogens with one attached hydrogen (secondary N) is 2. The van der Waals surface area contributed by atoms with Crippen molar-refractivity contribution in [3.05, 3.63) is 93.2 Å². The Bertz CT molecular complexity index is 1550. The van der Waals surface area contributed by atoms with Gasteiger partial charge in [0.1, 0.15) is 6.04 Å². The van der Waals surface area contributed by atoms with Gasteiger partial charge < -0.3 is 4.90 Å². The van der Waals surface area contributed by atoms with E-state index in [-0.39, 0.29) is 24.3 Å². The Balaban J connectivity index is 1.22. The Hall–Kier alpha value is -4.29. The quantitative estimate of drug-likeness (QED) is 0.323. The number of hydrogen-bond acceptors (Lipinski definition) is 9. The summed E-state index contributed by atoms with van der Waals surface area (Å²) in [5.41, 5.74) is 5.44. The first-order valence-corrected chi connectivity index (χ1v) is 13.5. The number of amides is 3. The molecule has 0 radical (unpaired) electrons. The lowest BCUT2D eigenvalue weighted by Crippen LogP contribution is -2.52. The summed E-state index contributed by atoms with van der Waals surface area (Å²) >= 11 is 1.39. The molecular weight excluding hydrogens is 516 g/mol. The number of carbonyl (C=O) groups is 3. The number of carbonyl (C=O) groups excluding carboxylic acids is 3. The maximum atomic E-state index is 13.1. The zero-order chi connectivity index (χ0) is 26.9. The number of aromatic nitrogens is 5. The van der Waals surface area contributed by atoms with E-state index in [9.17, 15) is 14.4 Å². The molecule has 2 unspecified atom stereocenters. The number of fused-ring (bicyclic) bond motifs is 1. The van der Waals surface area contributed by atoms with Gasteiger partial charge in [-0.2, -0.15) is 4.37 Å². The highest BCUT2D eigenvalue weighted by molar-refractivity contribution is 7.03. The summed E-state index contributed by atoms with van der Waals surface area (Å²) in [6, 6.07) is 14.8. The smallest absolute Gasteiger partial charge is 0.255 e. The first-order valence-electron chi connectivity index (χ1n) is 12.7. The second-order valence-electron chi connectivity index (χ2n) is 9.74. The molecule has 11 nitrogen and oxygen atoms in total. The molecule has 0 spiro atoms. The predicted octanol–water partition coefficient (Wildman–Crippen LogP) is 2.13. The summed E-state index contributed by atoms with van der Waals surface area (Å²) in [6.45, 7) is 3.34. The van der Waals surface area contributed by atoms with Crippen LogP contribution in [0.15, 0.2) is 53.9 Å². The third kappa shape index (κ3) is 4.95. The fraction of sp³-hybridized carbons (Fsp3) is 0.296. The molecule has 2 aliphatic rings. The van der Waals surface area contributed by atoms with Crippen LogP contribution in [0.25, 0.3) is 0 Å². The molecule has 6 rings (SSSR count). The number of piperidine rings is 1. The van der Waals surface area contributed by atoms with Crippen molar-refractivity contribution in [2.24, 2.45) is 0 Å². The van der Waals surface area contributed by atoms with Gasteiger partial charge in [0.05, 0.1) is 18.3 Å². The van der Waals surface area contributed by atoms with Crippen molar-refractivity contribution in [1.29, 1.82) is 0 Å². The highest BCUT2D eigenvalue weighted by Crippen LogP contribution is 2.29. The van der Waals surface area contributed by atoms with Crippen LogP contribution in [0.5, 0.6) is 0 Å². The number of tetrazole rings is 1. The minimum absolute atomic E-state index is 0.183. The van der Waals surface area contributed by atoms with Crippen molar-refractivity contribution in [3.8, 4) is 0 Å². The van der Waals surface area contributed by atoms with E-state index in [4.69, 9.17) is 0 Å². The van der Waals surface area contributed by atoms with Crippen molar-refractivity contribution >= 4 is 29.3 Å². The molecule has 39 heavy (non-hydrogen) atoms. The van der Waals surface area contributed by atoms with Crippen LogP contribution in [0, 0.1) is 6.92 Å². The molecule has 0 bridgehead atoms. The third-order valence-electron chi connectivity index (χ3n) is 7.19. The Morgan fingerprint density at radius 1 is 1.13 bits per heavy atom. The highest BCUT2D eigenvalue weighted by atomic mass is 32.1. The van der Waals surface area contributed by atoms with Gasteiger partial charge in [-0.05, 0) is 58.1 Å². The van der Waals surface area contributed by atoms with Crippen molar-refractivity contribution < 1.29 is 14.4 Å². The van der Waals surface area contributed by atoms with Crippen LogP contribution in [0.4, 0.5) is 0 Å². The average molecular weight is 543 g/mol. The number of imide groups is 1. The van der Waals surface area contributed by atoms with Crippen LogP contribution < -0.4 is 10.6 Å². The summed E-state index contributed by atoms with van der Waals surface area (Å²) in [6.07, 6.45) is 0.569. The average Bonchev–Trinajstić information content (AvgIpc) is 3.65. The standard InChI is InChI=1S/C27H26N8O3S/c1-16-21(15-39-31-16)24(25-30-32-33-35(25)13-17-5-3-2-4-6-17)28-12-18-7-8-20-19(11-18)14-34(27(20)38)22-9-10-23(36)29-26(22)37/h2-8,11,15,22,24,28H,9-10,12-14H2,1H3,(H,29,36,37). The van der Waals surface area contributed by atoms with Gasteiger partial charge in [0.2, 0.25) is 11.8 Å². The van der Waals surface area contributed by atoms with Gasteiger partial charge in [0.15, 0.2) is 5.82 Å². The summed E-state index contributed by atoms with van der Waals surface area (Å²) < 4.78 is 6.26. The van der Waals surface area contributed by atoms with Crippen molar-refractivity contribution in [2.75, 3.05) is 0 Å². The normalized spacial score (nSPS) is 17.8. The van der Waals surface area contributed by atoms with E-state index in [1.54, 1.807) is 9.58 Å². The fourth-order valence-corrected chi connectivity index (χ4v) is 5.90. The lowest BCUT2D eigenvalue weighted by molar-refractivity contribution is -0.136. The van der Waals surface area contributed by atoms with E-state index < -0.39 is 11.9 Å². The number of hydrogen-bond donors (Lipinski definition) is 2. The molecule has 0 aliphatic carbocycles. The highest BCUT2D eigenvalue weighted by Gasteiger charge is 2.39. The number of rotatable bonds is 8. The van der Waals surface area contributed by atoms with Gasteiger partial charge in [-0.25, -0.2) is 4.68 Å². The minimum atomic E-state index is -0.633. The first kappa shape index (κ1) is 25.0. The van der Waals surface area contributed by atoms with Crippen LogP contribution in [-0.4, -0.2) is 53.2 Å². The number of aryl methyl sites for hydroxylation is 1. The minimum Gasteiger partial charge on any atom is -0.322 e. The third-order valence-corrected chi connectivity index (χ3v) is 7.93. The molecule has 4 heterocycles. The molecule has 2 N–H and O–H groups in total. The van der Waals surface area contributed by atoms with E-state index in [2.05, 4.69) is 30.5 Å². The molecule has 2 aromatic heterocycles. The maximum absolute atomic E-state index is 13.1. The first-order chi connectivity index (χ1) is 19.0. The van der Waals surface area contributed by atoms with Gasteiger partial charge >= 0.3 is 0 Å². The zero-order valence-corrected chi connectivity index (χ0v) is 22.0. The van der Waals surface area contributed by atoms with Gasteiger partial charge in [0.25, 0.3) is 5.91 Å². The molecule has 198 valence electrons. The van der Waals surface area contributed by atoms with Crippen LogP contribution in [0.1, 0.15) is 63.0 Å². The van der Waals surface area contributed by atoms with Gasteiger partial charge in [-0.3, -0.25) is 25.0 Å². The van der Waals surface area contributed by atoms with E-state index >= 15 is 0 Å². The van der Waals surface area contributed by atoms with Crippen molar-refractivity contribution in [3.63, 3.8) is 0 Å². The fourth-order valence-electron chi connectivity index (χ4n) is 5.16. The Morgan fingerprint density at radius 3 is 2.74 bits per heavy atom. The summed E-state index contributed by atoms with van der Waals surface area (Å²) in [5.74, 6) is -0.209. The summed E-state index contributed by atoms with van der Waals surface area (Å²) in [4.78, 5) is 38.5. The molecule has 3 amide bonds. The summed E-state index contributed by atoms with van der Waals surface area (Å²) in [5, 5.41) is 20.5. The molecule has 2 aromatic carbocycles. The van der Waals surface area contributed by atoms with E-state index in [0.29, 0.717) is 37.4 Å². The largest absolute Gasteiger partial charge is 0.322 e. The zero-order valence-electron chi connectivity index (χ0n) is 21.2. The van der Waals surface area contributed by atoms with Crippen molar-refractivity contribution in [1.82, 2.24) is 40.1 Å². The van der Waals surface area contributed by atoms with Crippen LogP contribution >= 0.6 is 11.5 Å². The molecule has 12 heteroatoms. The van der Waals surface area contributed by atoms with Gasteiger partial charge in [-0.1, -0.05) is 42.5 Å². The molecule has 4 aromatic rings. The second kappa shape index (κ2) is 10.5. The molecule has 1 fully saturated rings. The second-order valence-corrected chi connectivity index (χ2v) is 10.4. The van der Waals surface area contributed by atoms with Crippen LogP contribution in [0.3, 0.4) is 0 Å². The number of benzene rings is 2. The van der Waals surface area contributed by atoms with E-state index in [0.717, 1.165) is 27.9 Å². The summed E-state index contributed by atoms with van der Waals surface area (Å²) in [7, 11) is 0. The van der Waals surface area contributed by atoms with E-state index in [1.165, 1.54) is 11.5 Å². The Labute approximate surface area is 228 Å². The lowest BCUT2D eigenvalue weighted by Gasteiger charge is -2.29. The monoisotopic (exact) mass is 542 g/mol. The van der Waals surface area contributed by atoms with Gasteiger partial charge in [0, 0.05) is 36.0 Å². The molecule has 2 aliphatic heterocycles. The predicted molar refractivity (Wildman–Crippen MR) is 141 cm³/mol. The molecule has 2 atom stereocenters. The topological polar surface area (TPSA) is 135 Å². The Kier molecular flexibility index (Phi) is 6.71. The molecular formula is C27H26N8O3S. The van der Waals surface area contributed by atoms with E-state index in [1.807, 2.05) is 60.8 Å². The maximum Gasteiger partial charge on any atom is 0.255 e.